The van der Waals surface area contributed by atoms with Crippen LogP contribution in [0.4, 0.5) is 0 Å². The molecule has 1 aliphatic heterocycles. The van der Waals surface area contributed by atoms with Crippen LogP contribution in [-0.2, 0) is 14.3 Å². The Labute approximate surface area is 114 Å². The molecule has 5 heteroatoms. The van der Waals surface area contributed by atoms with E-state index in [2.05, 4.69) is 0 Å². The van der Waals surface area contributed by atoms with E-state index in [1.54, 1.807) is 0 Å². The third-order valence-corrected chi connectivity index (χ3v) is 4.03. The number of rotatable bonds is 4. The lowest BCUT2D eigenvalue weighted by atomic mass is 9.83. The normalized spacial score (nSPS) is 26.9. The standard InChI is InChI=1S/C14H24N2O3/c1-2-16(12-6-4-3-5-11(12)9-15)14(17)13-10-18-7-8-19-13/h10-12H,2-9,15H2,1H3. The van der Waals surface area contributed by atoms with Crippen molar-refractivity contribution in [2.24, 2.45) is 11.7 Å². The zero-order valence-corrected chi connectivity index (χ0v) is 11.6. The first kappa shape index (κ1) is 14.2. The van der Waals surface area contributed by atoms with Crippen molar-refractivity contribution in [3.8, 4) is 0 Å². The van der Waals surface area contributed by atoms with Crippen LogP contribution in [0.5, 0.6) is 0 Å². The molecule has 2 unspecified atom stereocenters. The van der Waals surface area contributed by atoms with Gasteiger partial charge in [0.05, 0.1) is 0 Å². The fourth-order valence-corrected chi connectivity index (χ4v) is 3.02. The van der Waals surface area contributed by atoms with Crippen molar-refractivity contribution >= 4 is 5.91 Å². The molecule has 2 atom stereocenters. The summed E-state index contributed by atoms with van der Waals surface area (Å²) >= 11 is 0. The molecule has 0 bridgehead atoms. The summed E-state index contributed by atoms with van der Waals surface area (Å²) in [7, 11) is 0. The van der Waals surface area contributed by atoms with Gasteiger partial charge in [-0.1, -0.05) is 12.8 Å². The Morgan fingerprint density at radius 1 is 1.42 bits per heavy atom. The van der Waals surface area contributed by atoms with Crippen molar-refractivity contribution < 1.29 is 14.3 Å². The van der Waals surface area contributed by atoms with Crippen molar-refractivity contribution in [1.29, 1.82) is 0 Å². The van der Waals surface area contributed by atoms with E-state index in [4.69, 9.17) is 15.2 Å². The Morgan fingerprint density at radius 2 is 2.21 bits per heavy atom. The quantitative estimate of drug-likeness (QED) is 0.833. The van der Waals surface area contributed by atoms with Gasteiger partial charge in [-0.15, -0.1) is 0 Å². The molecule has 1 fully saturated rings. The second-order valence-corrected chi connectivity index (χ2v) is 5.14. The van der Waals surface area contributed by atoms with E-state index in [-0.39, 0.29) is 11.9 Å². The summed E-state index contributed by atoms with van der Waals surface area (Å²) in [5, 5.41) is 0. The van der Waals surface area contributed by atoms with Crippen molar-refractivity contribution in [2.45, 2.75) is 38.6 Å². The molecule has 0 radical (unpaired) electrons. The van der Waals surface area contributed by atoms with E-state index < -0.39 is 0 Å². The second kappa shape index (κ2) is 6.80. The first-order valence-electron chi connectivity index (χ1n) is 7.23. The number of carbonyl (C=O) groups is 1. The maximum absolute atomic E-state index is 12.5. The van der Waals surface area contributed by atoms with Gasteiger partial charge in [0.1, 0.15) is 19.5 Å². The Balaban J connectivity index is 2.09. The van der Waals surface area contributed by atoms with Gasteiger partial charge in [0.15, 0.2) is 0 Å². The van der Waals surface area contributed by atoms with Gasteiger partial charge in [0.2, 0.25) is 5.76 Å². The predicted octanol–water partition coefficient (Wildman–Crippen LogP) is 1.24. The molecule has 0 aromatic rings. The van der Waals surface area contributed by atoms with E-state index >= 15 is 0 Å². The average Bonchev–Trinajstić information content (AvgIpc) is 2.49. The first-order chi connectivity index (χ1) is 9.27. The van der Waals surface area contributed by atoms with Crippen LogP contribution in [0.2, 0.25) is 0 Å². The molecule has 5 nitrogen and oxygen atoms in total. The number of likely N-dealkylation sites (N-methyl/N-ethyl adjacent to an activating group) is 1. The fourth-order valence-electron chi connectivity index (χ4n) is 3.02. The lowest BCUT2D eigenvalue weighted by Gasteiger charge is -2.39. The molecule has 0 saturated heterocycles. The Morgan fingerprint density at radius 3 is 2.84 bits per heavy atom. The van der Waals surface area contributed by atoms with Gasteiger partial charge in [0, 0.05) is 12.6 Å². The van der Waals surface area contributed by atoms with Crippen LogP contribution in [-0.4, -0.2) is 43.2 Å². The van der Waals surface area contributed by atoms with Gasteiger partial charge in [0.25, 0.3) is 5.91 Å². The highest BCUT2D eigenvalue weighted by Crippen LogP contribution is 2.29. The highest BCUT2D eigenvalue weighted by Gasteiger charge is 2.33. The molecule has 0 aromatic heterocycles. The molecule has 108 valence electrons. The second-order valence-electron chi connectivity index (χ2n) is 5.14. The van der Waals surface area contributed by atoms with Gasteiger partial charge in [-0.3, -0.25) is 4.79 Å². The third-order valence-electron chi connectivity index (χ3n) is 4.03. The zero-order valence-electron chi connectivity index (χ0n) is 11.6. The predicted molar refractivity (Wildman–Crippen MR) is 72.2 cm³/mol. The number of carbonyl (C=O) groups excluding carboxylic acids is 1. The lowest BCUT2D eigenvalue weighted by Crippen LogP contribution is -2.48. The molecule has 2 rings (SSSR count). The summed E-state index contributed by atoms with van der Waals surface area (Å²) in [4.78, 5) is 14.4. The van der Waals surface area contributed by atoms with Crippen LogP contribution in [0.1, 0.15) is 32.6 Å². The smallest absolute Gasteiger partial charge is 0.292 e. The zero-order chi connectivity index (χ0) is 13.7. The summed E-state index contributed by atoms with van der Waals surface area (Å²) < 4.78 is 10.6. The molecule has 2 N–H and O–H groups in total. The van der Waals surface area contributed by atoms with Crippen LogP contribution in [0.25, 0.3) is 0 Å². The van der Waals surface area contributed by atoms with Gasteiger partial charge < -0.3 is 20.1 Å². The van der Waals surface area contributed by atoms with Crippen molar-refractivity contribution in [2.75, 3.05) is 26.3 Å². The topological polar surface area (TPSA) is 64.8 Å². The molecular weight excluding hydrogens is 244 g/mol. The number of hydrogen-bond donors (Lipinski definition) is 1. The summed E-state index contributed by atoms with van der Waals surface area (Å²) in [6, 6.07) is 0.239. The summed E-state index contributed by atoms with van der Waals surface area (Å²) in [5.74, 6) is 0.671. The highest BCUT2D eigenvalue weighted by atomic mass is 16.6. The minimum atomic E-state index is -0.0625. The monoisotopic (exact) mass is 268 g/mol. The van der Waals surface area contributed by atoms with E-state index in [1.165, 1.54) is 19.1 Å². The Kier molecular flexibility index (Phi) is 5.07. The van der Waals surface area contributed by atoms with Crippen LogP contribution in [0, 0.1) is 5.92 Å². The Hall–Kier alpha value is -1.23. The van der Waals surface area contributed by atoms with Crippen molar-refractivity contribution in [3.63, 3.8) is 0 Å². The van der Waals surface area contributed by atoms with Crippen LogP contribution < -0.4 is 5.73 Å². The van der Waals surface area contributed by atoms with Crippen molar-refractivity contribution in [1.82, 2.24) is 4.90 Å². The van der Waals surface area contributed by atoms with Crippen LogP contribution in [0.3, 0.4) is 0 Å². The SMILES string of the molecule is CCN(C(=O)C1=COCCO1)C1CCCCC1CN. The van der Waals surface area contributed by atoms with Crippen molar-refractivity contribution in [3.05, 3.63) is 12.0 Å². The highest BCUT2D eigenvalue weighted by molar-refractivity contribution is 5.91. The molecule has 1 aliphatic carbocycles. The maximum atomic E-state index is 12.5. The average molecular weight is 268 g/mol. The third kappa shape index (κ3) is 3.21. The summed E-state index contributed by atoms with van der Waals surface area (Å²) in [6.45, 7) is 4.29. The molecule has 1 saturated carbocycles. The van der Waals surface area contributed by atoms with Crippen LogP contribution >= 0.6 is 0 Å². The molecule has 0 aromatic carbocycles. The number of ether oxygens (including phenoxy) is 2. The minimum Gasteiger partial charge on any atom is -0.494 e. The number of hydrogen-bond acceptors (Lipinski definition) is 4. The van der Waals surface area contributed by atoms with E-state index in [1.807, 2.05) is 11.8 Å². The van der Waals surface area contributed by atoms with Gasteiger partial charge in [-0.05, 0) is 32.2 Å². The molecule has 0 spiro atoms. The number of amides is 1. The van der Waals surface area contributed by atoms with Crippen LogP contribution in [0.15, 0.2) is 12.0 Å². The van der Waals surface area contributed by atoms with E-state index in [0.717, 1.165) is 12.8 Å². The van der Waals surface area contributed by atoms with E-state index in [9.17, 15) is 4.79 Å². The maximum Gasteiger partial charge on any atom is 0.292 e. The fraction of sp³-hybridized carbons (Fsp3) is 0.786. The van der Waals surface area contributed by atoms with Gasteiger partial charge >= 0.3 is 0 Å². The molecule has 1 amide bonds. The molecule has 19 heavy (non-hydrogen) atoms. The molecule has 2 aliphatic rings. The number of nitrogens with zero attached hydrogens (tertiary/aromatic N) is 1. The molecule has 1 heterocycles. The summed E-state index contributed by atoms with van der Waals surface area (Å²) in [5.41, 5.74) is 5.86. The Bertz CT molecular complexity index is 344. The largest absolute Gasteiger partial charge is 0.494 e. The molecular formula is C14H24N2O3. The van der Waals surface area contributed by atoms with Gasteiger partial charge in [-0.25, -0.2) is 0 Å². The first-order valence-corrected chi connectivity index (χ1v) is 7.23. The van der Waals surface area contributed by atoms with E-state index in [0.29, 0.717) is 38.0 Å². The summed E-state index contributed by atoms with van der Waals surface area (Å²) in [6.07, 6.45) is 5.97. The number of nitrogens with two attached hydrogens (primary N) is 1. The minimum absolute atomic E-state index is 0.0625. The van der Waals surface area contributed by atoms with Gasteiger partial charge in [-0.2, -0.15) is 0 Å². The lowest BCUT2D eigenvalue weighted by molar-refractivity contribution is -0.136.